The van der Waals surface area contributed by atoms with Crippen LogP contribution >= 0.6 is 0 Å². The van der Waals surface area contributed by atoms with Crippen molar-refractivity contribution in [2.24, 2.45) is 0 Å². The van der Waals surface area contributed by atoms with Gasteiger partial charge in [-0.2, -0.15) is 13.2 Å². The van der Waals surface area contributed by atoms with Gasteiger partial charge in [0.2, 0.25) is 5.91 Å². The minimum absolute atomic E-state index is 0.0795. The summed E-state index contributed by atoms with van der Waals surface area (Å²) < 4.78 is 46.6. The fourth-order valence-corrected chi connectivity index (χ4v) is 3.97. The molecule has 2 aromatic heterocycles. The number of aryl methyl sites for hydroxylation is 1. The number of methoxy groups -OCH3 is 1. The molecule has 1 amide bonds. The van der Waals surface area contributed by atoms with Crippen molar-refractivity contribution in [1.82, 2.24) is 14.7 Å². The molecule has 4 rings (SSSR count). The number of alkyl halides is 3. The lowest BCUT2D eigenvalue weighted by molar-refractivity contribution is -0.137. The molecule has 0 saturated carbocycles. The van der Waals surface area contributed by atoms with Gasteiger partial charge in [0.1, 0.15) is 5.65 Å². The molecule has 0 aliphatic rings. The van der Waals surface area contributed by atoms with Crippen LogP contribution in [-0.4, -0.2) is 35.6 Å². The highest BCUT2D eigenvalue weighted by Gasteiger charge is 2.30. The fraction of sp³-hybridized carbons (Fsp3) is 0.259. The number of halogens is 3. The second-order valence-corrected chi connectivity index (χ2v) is 8.19. The molecule has 35 heavy (non-hydrogen) atoms. The lowest BCUT2D eigenvalue weighted by Crippen LogP contribution is -2.25. The zero-order valence-corrected chi connectivity index (χ0v) is 19.3. The van der Waals surface area contributed by atoms with Crippen molar-refractivity contribution < 1.29 is 22.7 Å². The van der Waals surface area contributed by atoms with Crippen molar-refractivity contribution in [3.8, 4) is 22.4 Å². The number of amides is 1. The van der Waals surface area contributed by atoms with Crippen LogP contribution in [0.5, 0.6) is 0 Å². The average Bonchev–Trinajstić information content (AvgIpc) is 3.23. The predicted octanol–water partition coefficient (Wildman–Crippen LogP) is 5.77. The zero-order chi connectivity index (χ0) is 24.8. The number of carbonyl (C=O) groups excluding carboxylic acids is 1. The Labute approximate surface area is 201 Å². The molecule has 0 unspecified atom stereocenters. The molecule has 1 N–H and O–H groups in total. The van der Waals surface area contributed by atoms with Gasteiger partial charge < -0.3 is 14.5 Å². The van der Waals surface area contributed by atoms with Crippen molar-refractivity contribution >= 4 is 11.6 Å². The first-order valence-electron chi connectivity index (χ1n) is 11.4. The number of hydrogen-bond donors (Lipinski definition) is 1. The molecule has 0 bridgehead atoms. The Kier molecular flexibility index (Phi) is 7.51. The second-order valence-electron chi connectivity index (χ2n) is 8.19. The minimum atomic E-state index is -4.42. The molecule has 0 atom stereocenters. The number of aromatic nitrogens is 2. The average molecular weight is 482 g/mol. The predicted molar refractivity (Wildman–Crippen MR) is 129 cm³/mol. The first-order chi connectivity index (χ1) is 16.9. The third-order valence-electron chi connectivity index (χ3n) is 5.72. The van der Waals surface area contributed by atoms with E-state index in [-0.39, 0.29) is 12.3 Å². The van der Waals surface area contributed by atoms with Crippen LogP contribution in [0.1, 0.15) is 24.1 Å². The maximum Gasteiger partial charge on any atom is 0.416 e. The quantitative estimate of drug-likeness (QED) is 0.309. The molecule has 0 radical (unpaired) electrons. The van der Waals surface area contributed by atoms with Gasteiger partial charge in [0.05, 0.1) is 17.0 Å². The number of rotatable bonds is 9. The molecule has 2 aromatic carbocycles. The van der Waals surface area contributed by atoms with E-state index in [1.165, 1.54) is 6.07 Å². The lowest BCUT2D eigenvalue weighted by Gasteiger charge is -2.10. The molecular formula is C27H26F3N3O2. The van der Waals surface area contributed by atoms with E-state index in [2.05, 4.69) is 5.32 Å². The van der Waals surface area contributed by atoms with E-state index in [4.69, 9.17) is 9.72 Å². The maximum absolute atomic E-state index is 13.2. The summed E-state index contributed by atoms with van der Waals surface area (Å²) in [7, 11) is 1.62. The maximum atomic E-state index is 13.2. The first kappa shape index (κ1) is 24.5. The van der Waals surface area contributed by atoms with Gasteiger partial charge in [-0.3, -0.25) is 4.79 Å². The summed E-state index contributed by atoms with van der Waals surface area (Å²) in [5.41, 5.74) is 3.54. The van der Waals surface area contributed by atoms with Crippen LogP contribution in [0, 0.1) is 0 Å². The summed E-state index contributed by atoms with van der Waals surface area (Å²) in [4.78, 5) is 17.2. The highest BCUT2D eigenvalue weighted by Crippen LogP contribution is 2.33. The number of hydrogen-bond acceptors (Lipinski definition) is 3. The molecule has 0 spiro atoms. The standard InChI is InChI=1S/C27H26F3N3O2/c1-35-16-6-15-31-25(34)14-12-23-26(19-7-3-2-4-8-19)32-24-13-11-21(18-33(23)24)20-9-5-10-22(17-20)27(28,29)30/h2-5,7-11,13,17-18H,6,12,14-16H2,1H3,(H,31,34). The summed E-state index contributed by atoms with van der Waals surface area (Å²) in [5.74, 6) is -0.0795. The Morgan fingerprint density at radius 2 is 1.77 bits per heavy atom. The molecule has 4 aromatic rings. The Hall–Kier alpha value is -3.65. The number of carbonyl (C=O) groups is 1. The zero-order valence-electron chi connectivity index (χ0n) is 19.3. The smallest absolute Gasteiger partial charge is 0.385 e. The summed E-state index contributed by atoms with van der Waals surface area (Å²) in [6.45, 7) is 1.11. The Balaban J connectivity index is 1.69. The minimum Gasteiger partial charge on any atom is -0.385 e. The van der Waals surface area contributed by atoms with Crippen LogP contribution in [0.15, 0.2) is 72.9 Å². The van der Waals surface area contributed by atoms with Gasteiger partial charge in [-0.1, -0.05) is 42.5 Å². The summed E-state index contributed by atoms with van der Waals surface area (Å²) in [5, 5.41) is 2.89. The molecule has 0 aliphatic heterocycles. The molecule has 2 heterocycles. The number of nitrogens with one attached hydrogen (secondary N) is 1. The van der Waals surface area contributed by atoms with E-state index in [0.29, 0.717) is 36.3 Å². The highest BCUT2D eigenvalue weighted by atomic mass is 19.4. The van der Waals surface area contributed by atoms with Gasteiger partial charge in [0.15, 0.2) is 0 Å². The summed E-state index contributed by atoms with van der Waals surface area (Å²) >= 11 is 0. The van der Waals surface area contributed by atoms with Gasteiger partial charge >= 0.3 is 6.18 Å². The Morgan fingerprint density at radius 3 is 2.51 bits per heavy atom. The Bertz CT molecular complexity index is 1300. The normalized spacial score (nSPS) is 11.7. The van der Waals surface area contributed by atoms with Crippen LogP contribution in [0.4, 0.5) is 13.2 Å². The number of imidazole rings is 1. The van der Waals surface area contributed by atoms with Crippen LogP contribution < -0.4 is 5.32 Å². The number of fused-ring (bicyclic) bond motifs is 1. The largest absolute Gasteiger partial charge is 0.416 e. The van der Waals surface area contributed by atoms with E-state index >= 15 is 0 Å². The van der Waals surface area contributed by atoms with Gasteiger partial charge in [-0.05, 0) is 48.2 Å². The van der Waals surface area contributed by atoms with Crippen LogP contribution in [-0.2, 0) is 22.1 Å². The van der Waals surface area contributed by atoms with E-state index < -0.39 is 11.7 Å². The summed E-state index contributed by atoms with van der Waals surface area (Å²) in [6, 6.07) is 18.5. The monoisotopic (exact) mass is 481 g/mol. The van der Waals surface area contributed by atoms with Crippen molar-refractivity contribution in [3.63, 3.8) is 0 Å². The first-order valence-corrected chi connectivity index (χ1v) is 11.4. The Morgan fingerprint density at radius 1 is 1.00 bits per heavy atom. The lowest BCUT2D eigenvalue weighted by atomic mass is 10.0. The second kappa shape index (κ2) is 10.7. The van der Waals surface area contributed by atoms with Gasteiger partial charge in [-0.25, -0.2) is 4.98 Å². The van der Waals surface area contributed by atoms with Crippen molar-refractivity contribution in [2.75, 3.05) is 20.3 Å². The van der Waals surface area contributed by atoms with Crippen molar-refractivity contribution in [2.45, 2.75) is 25.4 Å². The van der Waals surface area contributed by atoms with Crippen molar-refractivity contribution in [1.29, 1.82) is 0 Å². The number of nitrogens with zero attached hydrogens (tertiary/aromatic N) is 2. The van der Waals surface area contributed by atoms with Gasteiger partial charge in [-0.15, -0.1) is 0 Å². The van der Waals surface area contributed by atoms with Crippen LogP contribution in [0.25, 0.3) is 28.0 Å². The third kappa shape index (κ3) is 5.89. The number of benzene rings is 2. The third-order valence-corrected chi connectivity index (χ3v) is 5.72. The van der Waals surface area contributed by atoms with Gasteiger partial charge in [0, 0.05) is 38.4 Å². The molecular weight excluding hydrogens is 455 g/mol. The van der Waals surface area contributed by atoms with E-state index in [0.717, 1.165) is 35.5 Å². The number of ether oxygens (including phenoxy) is 1. The molecule has 0 aliphatic carbocycles. The molecule has 0 fully saturated rings. The van der Waals surface area contributed by atoms with E-state index in [1.54, 1.807) is 31.5 Å². The summed E-state index contributed by atoms with van der Waals surface area (Å²) in [6.07, 6.45) is -1.22. The highest BCUT2D eigenvalue weighted by molar-refractivity contribution is 5.77. The van der Waals surface area contributed by atoms with E-state index in [1.807, 2.05) is 34.7 Å². The van der Waals surface area contributed by atoms with Crippen molar-refractivity contribution in [3.05, 3.63) is 84.2 Å². The molecule has 182 valence electrons. The van der Waals surface area contributed by atoms with E-state index in [9.17, 15) is 18.0 Å². The topological polar surface area (TPSA) is 55.6 Å². The van der Waals surface area contributed by atoms with Gasteiger partial charge in [0.25, 0.3) is 0 Å². The molecule has 0 saturated heterocycles. The van der Waals surface area contributed by atoms with Crippen LogP contribution in [0.3, 0.4) is 0 Å². The molecule has 5 nitrogen and oxygen atoms in total. The number of pyridine rings is 1. The fourth-order valence-electron chi connectivity index (χ4n) is 3.97. The molecule has 8 heteroatoms. The SMILES string of the molecule is COCCCNC(=O)CCc1c(-c2ccccc2)nc2ccc(-c3cccc(C(F)(F)F)c3)cn12. The van der Waals surface area contributed by atoms with Crippen LogP contribution in [0.2, 0.25) is 0 Å².